The summed E-state index contributed by atoms with van der Waals surface area (Å²) < 4.78 is 0. The lowest BCUT2D eigenvalue weighted by Crippen LogP contribution is -2.22. The van der Waals surface area contributed by atoms with Crippen molar-refractivity contribution in [3.63, 3.8) is 0 Å². The molecule has 0 amide bonds. The van der Waals surface area contributed by atoms with Crippen LogP contribution >= 0.6 is 0 Å². The Hall–Kier alpha value is -1.92. The Bertz CT molecular complexity index is 455. The molecule has 2 heterocycles. The largest absolute Gasteiger partial charge is 0.357 e. The second-order valence-corrected chi connectivity index (χ2v) is 4.77. The number of aromatic nitrogens is 2. The molecule has 7 nitrogen and oxygen atoms in total. The maximum atomic E-state index is 11.0. The standard InChI is InChI=1S/C11H17N5O2/c1-7-5-15(6-8(7)2)10-9(16(17)18)4-13-11(12-3)14-10/h4,7-8H,5-6H2,1-3H3,(H,12,13,14). The first-order valence-electron chi connectivity index (χ1n) is 5.97. The quantitative estimate of drug-likeness (QED) is 0.647. The molecule has 1 fully saturated rings. The van der Waals surface area contributed by atoms with Crippen LogP contribution < -0.4 is 10.2 Å². The molecule has 18 heavy (non-hydrogen) atoms. The van der Waals surface area contributed by atoms with Gasteiger partial charge in [0.1, 0.15) is 6.20 Å². The molecular formula is C11H17N5O2. The van der Waals surface area contributed by atoms with Crippen molar-refractivity contribution in [1.82, 2.24) is 9.97 Å². The van der Waals surface area contributed by atoms with Crippen LogP contribution in [0.25, 0.3) is 0 Å². The van der Waals surface area contributed by atoms with E-state index in [0.717, 1.165) is 13.1 Å². The summed E-state index contributed by atoms with van der Waals surface area (Å²) in [5.41, 5.74) is -0.0321. The zero-order valence-electron chi connectivity index (χ0n) is 10.8. The van der Waals surface area contributed by atoms with Gasteiger partial charge in [-0.2, -0.15) is 4.98 Å². The van der Waals surface area contributed by atoms with Gasteiger partial charge in [0.05, 0.1) is 4.92 Å². The van der Waals surface area contributed by atoms with Crippen molar-refractivity contribution in [3.05, 3.63) is 16.3 Å². The molecule has 0 saturated carbocycles. The third-order valence-electron chi connectivity index (χ3n) is 3.46. The first kappa shape index (κ1) is 12.5. The number of nitro groups is 1. The zero-order chi connectivity index (χ0) is 13.3. The summed E-state index contributed by atoms with van der Waals surface area (Å²) in [5.74, 6) is 1.84. The van der Waals surface area contributed by atoms with Crippen LogP contribution in [0, 0.1) is 22.0 Å². The highest BCUT2D eigenvalue weighted by Crippen LogP contribution is 2.32. The smallest absolute Gasteiger partial charge is 0.329 e. The zero-order valence-corrected chi connectivity index (χ0v) is 10.8. The van der Waals surface area contributed by atoms with Gasteiger partial charge in [0.2, 0.25) is 11.8 Å². The van der Waals surface area contributed by atoms with Crippen molar-refractivity contribution >= 4 is 17.5 Å². The van der Waals surface area contributed by atoms with Crippen molar-refractivity contribution in [1.29, 1.82) is 0 Å². The van der Waals surface area contributed by atoms with Crippen LogP contribution in [0.15, 0.2) is 6.20 Å². The highest BCUT2D eigenvalue weighted by Gasteiger charge is 2.31. The molecule has 1 aliphatic heterocycles. The third kappa shape index (κ3) is 2.20. The molecule has 0 aliphatic carbocycles. The molecule has 1 aromatic rings. The molecule has 98 valence electrons. The average molecular weight is 251 g/mol. The van der Waals surface area contributed by atoms with Gasteiger partial charge in [-0.15, -0.1) is 0 Å². The Balaban J connectivity index is 2.38. The van der Waals surface area contributed by atoms with Crippen molar-refractivity contribution in [3.8, 4) is 0 Å². The van der Waals surface area contributed by atoms with E-state index in [1.807, 2.05) is 4.90 Å². The van der Waals surface area contributed by atoms with Gasteiger partial charge in [-0.25, -0.2) is 4.98 Å². The van der Waals surface area contributed by atoms with Gasteiger partial charge in [0, 0.05) is 20.1 Å². The maximum absolute atomic E-state index is 11.0. The van der Waals surface area contributed by atoms with E-state index in [0.29, 0.717) is 23.6 Å². The fraction of sp³-hybridized carbons (Fsp3) is 0.636. The highest BCUT2D eigenvalue weighted by atomic mass is 16.6. The van der Waals surface area contributed by atoms with Gasteiger partial charge in [-0.3, -0.25) is 10.1 Å². The van der Waals surface area contributed by atoms with Crippen LogP contribution in [0.3, 0.4) is 0 Å². The fourth-order valence-corrected chi connectivity index (χ4v) is 2.15. The van der Waals surface area contributed by atoms with Crippen molar-refractivity contribution < 1.29 is 4.92 Å². The molecule has 1 N–H and O–H groups in total. The molecule has 7 heteroatoms. The molecule has 0 aromatic carbocycles. The van der Waals surface area contributed by atoms with E-state index in [-0.39, 0.29) is 5.69 Å². The average Bonchev–Trinajstić information content (AvgIpc) is 2.68. The lowest BCUT2D eigenvalue weighted by molar-refractivity contribution is -0.384. The van der Waals surface area contributed by atoms with E-state index in [1.54, 1.807) is 7.05 Å². The number of hydrogen-bond donors (Lipinski definition) is 1. The topological polar surface area (TPSA) is 84.2 Å². The monoisotopic (exact) mass is 251 g/mol. The van der Waals surface area contributed by atoms with Crippen LogP contribution in [-0.4, -0.2) is 35.0 Å². The summed E-state index contributed by atoms with van der Waals surface area (Å²) in [5, 5.41) is 13.8. The predicted octanol–water partition coefficient (Wildman–Crippen LogP) is 1.52. The SMILES string of the molecule is CNc1ncc([N+](=O)[O-])c(N2CC(C)C(C)C2)n1. The van der Waals surface area contributed by atoms with E-state index >= 15 is 0 Å². The molecule has 1 aromatic heterocycles. The summed E-state index contributed by atoms with van der Waals surface area (Å²) in [6, 6.07) is 0. The number of rotatable bonds is 3. The molecule has 0 radical (unpaired) electrons. The van der Waals surface area contributed by atoms with Crippen LogP contribution in [0.4, 0.5) is 17.5 Å². The fourth-order valence-electron chi connectivity index (χ4n) is 2.15. The minimum atomic E-state index is -0.428. The van der Waals surface area contributed by atoms with Gasteiger partial charge >= 0.3 is 5.69 Å². The third-order valence-corrected chi connectivity index (χ3v) is 3.46. The van der Waals surface area contributed by atoms with Crippen LogP contribution in [-0.2, 0) is 0 Å². The van der Waals surface area contributed by atoms with E-state index < -0.39 is 4.92 Å². The van der Waals surface area contributed by atoms with Crippen LogP contribution in [0.1, 0.15) is 13.8 Å². The molecule has 0 spiro atoms. The molecular weight excluding hydrogens is 234 g/mol. The minimum absolute atomic E-state index is 0.0321. The molecule has 1 aliphatic rings. The minimum Gasteiger partial charge on any atom is -0.357 e. The second-order valence-electron chi connectivity index (χ2n) is 4.77. The lowest BCUT2D eigenvalue weighted by Gasteiger charge is -2.17. The number of hydrogen-bond acceptors (Lipinski definition) is 6. The van der Waals surface area contributed by atoms with Gasteiger partial charge < -0.3 is 10.2 Å². The van der Waals surface area contributed by atoms with Gasteiger partial charge in [-0.1, -0.05) is 13.8 Å². The summed E-state index contributed by atoms with van der Waals surface area (Å²) in [6.45, 7) is 5.89. The number of nitrogens with zero attached hydrogens (tertiary/aromatic N) is 4. The Morgan fingerprint density at radius 1 is 1.44 bits per heavy atom. The molecule has 0 bridgehead atoms. The number of nitrogens with one attached hydrogen (secondary N) is 1. The first-order valence-corrected chi connectivity index (χ1v) is 5.97. The first-order chi connectivity index (χ1) is 8.52. The van der Waals surface area contributed by atoms with E-state index in [2.05, 4.69) is 29.1 Å². The Morgan fingerprint density at radius 3 is 2.56 bits per heavy atom. The van der Waals surface area contributed by atoms with Gasteiger partial charge in [0.15, 0.2) is 0 Å². The number of anilines is 2. The van der Waals surface area contributed by atoms with Crippen molar-refractivity contribution in [2.24, 2.45) is 11.8 Å². The molecule has 1 saturated heterocycles. The lowest BCUT2D eigenvalue weighted by atomic mass is 10.0. The van der Waals surface area contributed by atoms with E-state index in [1.165, 1.54) is 6.20 Å². The van der Waals surface area contributed by atoms with Gasteiger partial charge in [-0.05, 0) is 11.8 Å². The summed E-state index contributed by atoms with van der Waals surface area (Å²) in [4.78, 5) is 20.7. The van der Waals surface area contributed by atoms with Crippen molar-refractivity contribution in [2.45, 2.75) is 13.8 Å². The second kappa shape index (κ2) is 4.75. The molecule has 2 rings (SSSR count). The Morgan fingerprint density at radius 2 is 2.06 bits per heavy atom. The predicted molar refractivity (Wildman–Crippen MR) is 68.8 cm³/mol. The normalized spacial score (nSPS) is 23.2. The molecule has 2 unspecified atom stereocenters. The van der Waals surface area contributed by atoms with Crippen LogP contribution in [0.2, 0.25) is 0 Å². The van der Waals surface area contributed by atoms with Crippen LogP contribution in [0.5, 0.6) is 0 Å². The Kier molecular flexibility index (Phi) is 3.31. The van der Waals surface area contributed by atoms with Crippen molar-refractivity contribution in [2.75, 3.05) is 30.4 Å². The summed E-state index contributed by atoms with van der Waals surface area (Å²) in [6.07, 6.45) is 1.27. The highest BCUT2D eigenvalue weighted by molar-refractivity contribution is 5.59. The molecule has 2 atom stereocenters. The summed E-state index contributed by atoms with van der Waals surface area (Å²) >= 11 is 0. The van der Waals surface area contributed by atoms with E-state index in [9.17, 15) is 10.1 Å². The maximum Gasteiger partial charge on any atom is 0.329 e. The van der Waals surface area contributed by atoms with E-state index in [4.69, 9.17) is 0 Å². The van der Waals surface area contributed by atoms with Gasteiger partial charge in [0.25, 0.3) is 0 Å². The Labute approximate surface area is 105 Å². The summed E-state index contributed by atoms with van der Waals surface area (Å²) in [7, 11) is 1.69.